The summed E-state index contributed by atoms with van der Waals surface area (Å²) in [6, 6.07) is 14.9. The Kier molecular flexibility index (Phi) is 3.76. The lowest BCUT2D eigenvalue weighted by Crippen LogP contribution is -2.58. The van der Waals surface area contributed by atoms with Crippen LogP contribution in [0.1, 0.15) is 16.7 Å². The zero-order valence-corrected chi connectivity index (χ0v) is 13.9. The summed E-state index contributed by atoms with van der Waals surface area (Å²) in [6.07, 6.45) is 2.26. The highest BCUT2D eigenvalue weighted by Crippen LogP contribution is 2.27. The summed E-state index contributed by atoms with van der Waals surface area (Å²) in [5.41, 5.74) is 3.38. The van der Waals surface area contributed by atoms with Crippen LogP contribution in [0.2, 0.25) is 0 Å². The van der Waals surface area contributed by atoms with Crippen LogP contribution in [0.5, 0.6) is 5.75 Å². The monoisotopic (exact) mass is 334 g/mol. The lowest BCUT2D eigenvalue weighted by Gasteiger charge is -2.39. The Labute approximate surface area is 145 Å². The van der Waals surface area contributed by atoms with E-state index in [1.807, 2.05) is 48.5 Å². The molecule has 0 bridgehead atoms. The van der Waals surface area contributed by atoms with Gasteiger partial charge in [0.25, 0.3) is 5.91 Å². The summed E-state index contributed by atoms with van der Waals surface area (Å²) in [7, 11) is 1.60. The largest absolute Gasteiger partial charge is 0.497 e. The summed E-state index contributed by atoms with van der Waals surface area (Å²) in [4.78, 5) is 27.0. The molecule has 0 saturated carbocycles. The van der Waals surface area contributed by atoms with Crippen LogP contribution in [-0.4, -0.2) is 29.9 Å². The molecule has 5 heteroatoms. The topological polar surface area (TPSA) is 58.6 Å². The summed E-state index contributed by atoms with van der Waals surface area (Å²) in [5, 5.41) is 2.77. The van der Waals surface area contributed by atoms with Gasteiger partial charge in [-0.3, -0.25) is 9.59 Å². The van der Waals surface area contributed by atoms with Crippen molar-refractivity contribution < 1.29 is 14.3 Å². The lowest BCUT2D eigenvalue weighted by atomic mass is 9.91. The van der Waals surface area contributed by atoms with Crippen LogP contribution in [0.4, 0.5) is 0 Å². The number of piperazine rings is 1. The molecule has 0 radical (unpaired) electrons. The Bertz CT molecular complexity index is 871. The Hall–Kier alpha value is -3.08. The van der Waals surface area contributed by atoms with Gasteiger partial charge in [-0.1, -0.05) is 36.4 Å². The number of benzene rings is 2. The Balaban J connectivity index is 1.64. The maximum atomic E-state index is 12.9. The maximum Gasteiger partial charge on any atom is 0.271 e. The van der Waals surface area contributed by atoms with E-state index in [1.54, 1.807) is 18.1 Å². The molecule has 2 heterocycles. The minimum Gasteiger partial charge on any atom is -0.497 e. The van der Waals surface area contributed by atoms with Gasteiger partial charge in [-0.15, -0.1) is 0 Å². The summed E-state index contributed by atoms with van der Waals surface area (Å²) in [5.74, 6) is 0.470. The van der Waals surface area contributed by atoms with Crippen LogP contribution < -0.4 is 10.1 Å². The van der Waals surface area contributed by atoms with Crippen molar-refractivity contribution in [2.75, 3.05) is 7.11 Å². The number of methoxy groups -OCH3 is 1. The predicted octanol–water partition coefficient (Wildman–Crippen LogP) is 2.12. The first kappa shape index (κ1) is 15.4. The van der Waals surface area contributed by atoms with Gasteiger partial charge in [-0.2, -0.15) is 0 Å². The number of hydrogen-bond donors (Lipinski definition) is 1. The number of carbonyl (C=O) groups is 2. The van der Waals surface area contributed by atoms with E-state index < -0.39 is 6.04 Å². The third kappa shape index (κ3) is 2.78. The normalized spacial score (nSPS) is 20.8. The standard InChI is InChI=1S/C20H18N2O3/c1-25-16-8-6-13(7-9-16)10-17-20(24)22-12-15-5-3-2-4-14(15)11-18(22)19(23)21-17/h2-10,18H,11-12H2,1H3,(H,21,23). The van der Waals surface area contributed by atoms with Crippen LogP contribution >= 0.6 is 0 Å². The molecule has 2 aliphatic heterocycles. The molecule has 2 aromatic carbocycles. The second-order valence-corrected chi connectivity index (χ2v) is 6.24. The molecule has 126 valence electrons. The third-order valence-electron chi connectivity index (χ3n) is 4.73. The van der Waals surface area contributed by atoms with Crippen LogP contribution in [0.25, 0.3) is 6.08 Å². The molecule has 4 rings (SSSR count). The smallest absolute Gasteiger partial charge is 0.271 e. The predicted molar refractivity (Wildman–Crippen MR) is 93.6 cm³/mol. The highest BCUT2D eigenvalue weighted by atomic mass is 16.5. The van der Waals surface area contributed by atoms with Crippen molar-refractivity contribution >= 4 is 17.9 Å². The van der Waals surface area contributed by atoms with Crippen molar-refractivity contribution in [1.82, 2.24) is 10.2 Å². The van der Waals surface area contributed by atoms with Gasteiger partial charge in [0.2, 0.25) is 5.91 Å². The average Bonchev–Trinajstić information content (AvgIpc) is 2.65. The highest BCUT2D eigenvalue weighted by molar-refractivity contribution is 6.07. The van der Waals surface area contributed by atoms with Crippen molar-refractivity contribution in [3.05, 3.63) is 70.9 Å². The van der Waals surface area contributed by atoms with Crippen molar-refractivity contribution in [2.45, 2.75) is 19.0 Å². The van der Waals surface area contributed by atoms with E-state index in [9.17, 15) is 9.59 Å². The van der Waals surface area contributed by atoms with Gasteiger partial charge in [0.05, 0.1) is 7.11 Å². The van der Waals surface area contributed by atoms with Crippen LogP contribution in [0.15, 0.2) is 54.2 Å². The molecule has 25 heavy (non-hydrogen) atoms. The van der Waals surface area contributed by atoms with Crippen molar-refractivity contribution in [3.8, 4) is 5.75 Å². The van der Waals surface area contributed by atoms with E-state index in [1.165, 1.54) is 0 Å². The third-order valence-corrected chi connectivity index (χ3v) is 4.73. The fraction of sp³-hybridized carbons (Fsp3) is 0.200. The number of ether oxygens (including phenoxy) is 1. The number of rotatable bonds is 2. The van der Waals surface area contributed by atoms with Gasteiger partial charge in [0.15, 0.2) is 0 Å². The SMILES string of the molecule is COc1ccc(C=C2NC(=O)C3Cc4ccccc4CN3C2=O)cc1. The molecule has 1 atom stereocenters. The van der Waals surface area contributed by atoms with Crippen molar-refractivity contribution in [3.63, 3.8) is 0 Å². The van der Waals surface area contributed by atoms with Gasteiger partial charge in [0.1, 0.15) is 17.5 Å². The van der Waals surface area contributed by atoms with E-state index in [4.69, 9.17) is 4.74 Å². The van der Waals surface area contributed by atoms with Gasteiger partial charge in [-0.25, -0.2) is 0 Å². The number of nitrogens with zero attached hydrogens (tertiary/aromatic N) is 1. The number of carbonyl (C=O) groups excluding carboxylic acids is 2. The van der Waals surface area contributed by atoms with E-state index in [0.29, 0.717) is 18.7 Å². The van der Waals surface area contributed by atoms with Crippen molar-refractivity contribution in [1.29, 1.82) is 0 Å². The molecule has 1 saturated heterocycles. The molecule has 2 aromatic rings. The first-order valence-corrected chi connectivity index (χ1v) is 8.20. The number of hydrogen-bond acceptors (Lipinski definition) is 3. The molecule has 2 aliphatic rings. The fourth-order valence-electron chi connectivity index (χ4n) is 3.36. The van der Waals surface area contributed by atoms with Gasteiger partial charge in [-0.05, 0) is 34.9 Å². The van der Waals surface area contributed by atoms with Crippen LogP contribution in [0, 0.1) is 0 Å². The van der Waals surface area contributed by atoms with E-state index >= 15 is 0 Å². The Morgan fingerprint density at radius 1 is 1.08 bits per heavy atom. The van der Waals surface area contributed by atoms with Gasteiger partial charge >= 0.3 is 0 Å². The minimum absolute atomic E-state index is 0.131. The number of amides is 2. The molecule has 1 N–H and O–H groups in total. The van der Waals surface area contributed by atoms with Gasteiger partial charge < -0.3 is 15.0 Å². The molecule has 0 aliphatic carbocycles. The quantitative estimate of drug-likeness (QED) is 0.856. The molecular formula is C20H18N2O3. The molecule has 0 spiro atoms. The molecule has 2 amide bonds. The van der Waals surface area contributed by atoms with Gasteiger partial charge in [0, 0.05) is 13.0 Å². The molecule has 0 aromatic heterocycles. The molecule has 5 nitrogen and oxygen atoms in total. The fourth-order valence-corrected chi connectivity index (χ4v) is 3.36. The molecule has 1 unspecified atom stereocenters. The van der Waals surface area contributed by atoms with Crippen LogP contribution in [-0.2, 0) is 22.6 Å². The summed E-state index contributed by atoms with van der Waals surface area (Å²) < 4.78 is 5.14. The average molecular weight is 334 g/mol. The summed E-state index contributed by atoms with van der Waals surface area (Å²) in [6.45, 7) is 0.465. The van der Waals surface area contributed by atoms with Crippen molar-refractivity contribution in [2.24, 2.45) is 0 Å². The summed E-state index contributed by atoms with van der Waals surface area (Å²) >= 11 is 0. The Morgan fingerprint density at radius 2 is 1.80 bits per heavy atom. The second-order valence-electron chi connectivity index (χ2n) is 6.24. The number of fused-ring (bicyclic) bond motifs is 2. The minimum atomic E-state index is -0.435. The number of nitrogens with one attached hydrogen (secondary N) is 1. The van der Waals surface area contributed by atoms with E-state index in [2.05, 4.69) is 5.32 Å². The zero-order valence-electron chi connectivity index (χ0n) is 13.9. The van der Waals surface area contributed by atoms with Crippen LogP contribution in [0.3, 0.4) is 0 Å². The first-order valence-electron chi connectivity index (χ1n) is 8.20. The van der Waals surface area contributed by atoms with E-state index in [-0.39, 0.29) is 11.8 Å². The highest BCUT2D eigenvalue weighted by Gasteiger charge is 2.40. The second kappa shape index (κ2) is 6.09. The molecular weight excluding hydrogens is 316 g/mol. The first-order chi connectivity index (χ1) is 12.2. The molecule has 1 fully saturated rings. The zero-order chi connectivity index (χ0) is 17.4. The van der Waals surface area contributed by atoms with E-state index in [0.717, 1.165) is 22.4 Å². The lowest BCUT2D eigenvalue weighted by molar-refractivity contribution is -0.143. The Morgan fingerprint density at radius 3 is 2.52 bits per heavy atom. The maximum absolute atomic E-state index is 12.9.